The van der Waals surface area contributed by atoms with Gasteiger partial charge in [0.05, 0.1) is 31.2 Å². The minimum Gasteiger partial charge on any atom is -0.465 e. The standard InChI is InChI=1S/C49H72F8O7/c1-31-16-35-21-37(23-40(22-35)49(31,63-15-14-50)64-30-46(52,53)26-51)42(59)60-27-44(28-61-43(62-29-44)38-18-32-4-2-5-33(17-32)19-38)11-9-41(58)45-10-3-6-34(24-45)20-39(25-45)36-7-12-47(54,55)48(56,57)13-8-36/h31-40,43H,2-30H2,1H3. The molecule has 6 bridgehead atoms. The number of alkyl halides is 8. The van der Waals surface area contributed by atoms with Gasteiger partial charge in [-0.05, 0) is 125 Å². The summed E-state index contributed by atoms with van der Waals surface area (Å²) in [5, 5.41) is 0. The fraction of sp³-hybridized carbons (Fsp3) is 0.959. The van der Waals surface area contributed by atoms with Crippen LogP contribution in [-0.2, 0) is 33.3 Å². The number of hydrogen-bond donors (Lipinski definition) is 0. The Morgan fingerprint density at radius 1 is 0.703 bits per heavy atom. The van der Waals surface area contributed by atoms with Gasteiger partial charge >= 0.3 is 17.8 Å². The van der Waals surface area contributed by atoms with Gasteiger partial charge in [-0.3, -0.25) is 9.59 Å². The lowest BCUT2D eigenvalue weighted by Crippen LogP contribution is -2.57. The number of rotatable bonds is 16. The summed E-state index contributed by atoms with van der Waals surface area (Å²) in [5.41, 5.74) is -1.51. The predicted octanol–water partition coefficient (Wildman–Crippen LogP) is 11.9. The van der Waals surface area contributed by atoms with Crippen LogP contribution in [-0.4, -0.2) is 88.0 Å². The summed E-state index contributed by atoms with van der Waals surface area (Å²) < 4.78 is 144. The van der Waals surface area contributed by atoms with Gasteiger partial charge < -0.3 is 23.7 Å². The molecule has 8 fully saturated rings. The van der Waals surface area contributed by atoms with E-state index in [1.165, 1.54) is 25.7 Å². The van der Waals surface area contributed by atoms with Gasteiger partial charge in [0.15, 0.2) is 18.8 Å². The highest BCUT2D eigenvalue weighted by Crippen LogP contribution is 2.58. The molecule has 8 rings (SSSR count). The van der Waals surface area contributed by atoms with Crippen LogP contribution in [0.15, 0.2) is 0 Å². The van der Waals surface area contributed by atoms with E-state index in [4.69, 9.17) is 23.7 Å². The molecular formula is C49H72F8O7. The molecule has 1 aliphatic heterocycles. The van der Waals surface area contributed by atoms with Crippen LogP contribution in [0.3, 0.4) is 0 Å². The molecule has 0 N–H and O–H groups in total. The van der Waals surface area contributed by atoms with Crippen molar-refractivity contribution in [3.63, 3.8) is 0 Å². The Morgan fingerprint density at radius 2 is 1.38 bits per heavy atom. The van der Waals surface area contributed by atoms with Crippen LogP contribution in [0.2, 0.25) is 0 Å². The molecule has 1 heterocycles. The van der Waals surface area contributed by atoms with Crippen LogP contribution < -0.4 is 0 Å². The van der Waals surface area contributed by atoms with Crippen molar-refractivity contribution >= 4 is 11.8 Å². The lowest BCUT2D eigenvalue weighted by molar-refractivity contribution is -0.332. The quantitative estimate of drug-likeness (QED) is 0.0660. The first kappa shape index (κ1) is 48.9. The van der Waals surface area contributed by atoms with Crippen molar-refractivity contribution in [1.82, 2.24) is 0 Å². The third-order valence-corrected chi connectivity index (χ3v) is 17.9. The molecule has 8 aliphatic rings. The monoisotopic (exact) mass is 925 g/mol. The summed E-state index contributed by atoms with van der Waals surface area (Å²) in [6, 6.07) is 0. The Balaban J connectivity index is 0.956. The van der Waals surface area contributed by atoms with Gasteiger partial charge in [0, 0.05) is 42.4 Å². The minimum absolute atomic E-state index is 0.0201. The summed E-state index contributed by atoms with van der Waals surface area (Å²) in [6.45, 7) is -2.26. The van der Waals surface area contributed by atoms with Crippen LogP contribution in [0, 0.1) is 70.0 Å². The lowest BCUT2D eigenvalue weighted by atomic mass is 9.54. The van der Waals surface area contributed by atoms with Gasteiger partial charge in [0.1, 0.15) is 25.7 Å². The number of esters is 1. The maximum Gasteiger partial charge on any atom is 0.310 e. The first-order chi connectivity index (χ1) is 30.4. The second-order valence-electron chi connectivity index (χ2n) is 22.5. The minimum atomic E-state index is -4.04. The second kappa shape index (κ2) is 19.4. The highest BCUT2D eigenvalue weighted by molar-refractivity contribution is 5.85. The molecule has 0 amide bonds. The number of ether oxygens (including phenoxy) is 5. The molecule has 0 aromatic heterocycles. The lowest BCUT2D eigenvalue weighted by Gasteiger charge is -2.53. The Bertz CT molecular complexity index is 1580. The van der Waals surface area contributed by atoms with E-state index in [0.29, 0.717) is 56.8 Å². The fourth-order valence-corrected chi connectivity index (χ4v) is 14.7. The van der Waals surface area contributed by atoms with Crippen molar-refractivity contribution in [3.05, 3.63) is 0 Å². The zero-order chi connectivity index (χ0) is 45.5. The molecule has 1 saturated heterocycles. The van der Waals surface area contributed by atoms with E-state index in [-0.39, 0.29) is 80.9 Å². The molecule has 0 aromatic carbocycles. The van der Waals surface area contributed by atoms with Crippen molar-refractivity contribution in [2.45, 2.75) is 178 Å². The number of Topliss-reactive ketones (excluding diaryl/α,β-unsaturated/α-hetero) is 1. The SMILES string of the molecule is CC1CC2CC(C(=O)OCC3(CCC(=O)C45CCCC(CC(C6CCC(F)(F)C(F)(F)CC6)C4)C5)COC(C4CC5CCCC(C5)C4)OC3)CC(C2)C1(OCCF)OCC(F)(F)CF. The molecule has 366 valence electrons. The van der Waals surface area contributed by atoms with Crippen LogP contribution in [0.4, 0.5) is 35.1 Å². The van der Waals surface area contributed by atoms with Crippen molar-refractivity contribution in [1.29, 1.82) is 0 Å². The van der Waals surface area contributed by atoms with Gasteiger partial charge in [0.25, 0.3) is 5.92 Å². The van der Waals surface area contributed by atoms with E-state index in [0.717, 1.165) is 32.1 Å². The molecule has 15 heteroatoms. The highest BCUT2D eigenvalue weighted by atomic mass is 19.3. The van der Waals surface area contributed by atoms with Gasteiger partial charge in [-0.1, -0.05) is 39.0 Å². The average molecular weight is 925 g/mol. The highest BCUT2D eigenvalue weighted by Gasteiger charge is 2.59. The number of halogens is 8. The number of carbonyl (C=O) groups is 2. The van der Waals surface area contributed by atoms with Crippen LogP contribution >= 0.6 is 0 Å². The zero-order valence-corrected chi connectivity index (χ0v) is 37.7. The summed E-state index contributed by atoms with van der Waals surface area (Å²) in [7, 11) is 0. The summed E-state index contributed by atoms with van der Waals surface area (Å²) in [5.74, 6) is -14.0. The molecule has 0 spiro atoms. The number of ketones is 1. The summed E-state index contributed by atoms with van der Waals surface area (Å²) in [6.07, 6.45) is 11.6. The van der Waals surface area contributed by atoms with Crippen LogP contribution in [0.5, 0.6) is 0 Å². The number of carbonyl (C=O) groups excluding carboxylic acids is 2. The van der Waals surface area contributed by atoms with Crippen LogP contribution in [0.25, 0.3) is 0 Å². The molecule has 7 saturated carbocycles. The largest absolute Gasteiger partial charge is 0.465 e. The molecule has 0 radical (unpaired) electrons. The van der Waals surface area contributed by atoms with E-state index < -0.39 is 104 Å². The van der Waals surface area contributed by atoms with E-state index >= 15 is 0 Å². The molecule has 7 aliphatic carbocycles. The van der Waals surface area contributed by atoms with Gasteiger partial charge in [-0.2, -0.15) is 17.6 Å². The Kier molecular flexibility index (Phi) is 14.8. The molecular weight excluding hydrogens is 853 g/mol. The molecule has 10 unspecified atom stereocenters. The Morgan fingerprint density at radius 3 is 2.05 bits per heavy atom. The topological polar surface area (TPSA) is 80.3 Å². The third-order valence-electron chi connectivity index (χ3n) is 17.9. The van der Waals surface area contributed by atoms with E-state index in [1.807, 2.05) is 0 Å². The van der Waals surface area contributed by atoms with Crippen LogP contribution in [0.1, 0.15) is 148 Å². The Hall–Kier alpha value is -1.58. The van der Waals surface area contributed by atoms with E-state index in [1.54, 1.807) is 6.92 Å². The molecule has 64 heavy (non-hydrogen) atoms. The average Bonchev–Trinajstić information content (AvgIpc) is 3.37. The smallest absolute Gasteiger partial charge is 0.310 e. The first-order valence-electron chi connectivity index (χ1n) is 24.8. The fourth-order valence-electron chi connectivity index (χ4n) is 14.7. The van der Waals surface area contributed by atoms with Gasteiger partial charge in [-0.15, -0.1) is 0 Å². The number of fused-ring (bicyclic) bond motifs is 6. The Labute approximate surface area is 373 Å². The van der Waals surface area contributed by atoms with Crippen molar-refractivity contribution in [2.75, 3.05) is 46.4 Å². The second-order valence-corrected chi connectivity index (χ2v) is 22.5. The molecule has 0 aromatic rings. The first-order valence-corrected chi connectivity index (χ1v) is 24.8. The maximum absolute atomic E-state index is 14.7. The third kappa shape index (κ3) is 10.4. The van der Waals surface area contributed by atoms with E-state index in [2.05, 4.69) is 0 Å². The number of hydrogen-bond acceptors (Lipinski definition) is 7. The van der Waals surface area contributed by atoms with Crippen molar-refractivity contribution in [2.24, 2.45) is 70.0 Å². The normalized spacial score (nSPS) is 42.3. The molecule has 10 atom stereocenters. The van der Waals surface area contributed by atoms with Gasteiger partial charge in [0.2, 0.25) is 0 Å². The molecule has 7 nitrogen and oxygen atoms in total. The van der Waals surface area contributed by atoms with Crippen molar-refractivity contribution < 1.29 is 68.4 Å². The van der Waals surface area contributed by atoms with Crippen molar-refractivity contribution in [3.8, 4) is 0 Å². The summed E-state index contributed by atoms with van der Waals surface area (Å²) >= 11 is 0. The summed E-state index contributed by atoms with van der Waals surface area (Å²) in [4.78, 5) is 28.8. The van der Waals surface area contributed by atoms with Gasteiger partial charge in [-0.25, -0.2) is 17.6 Å². The zero-order valence-electron chi connectivity index (χ0n) is 37.7. The maximum atomic E-state index is 14.7. The van der Waals surface area contributed by atoms with E-state index in [9.17, 15) is 44.7 Å². The predicted molar refractivity (Wildman–Crippen MR) is 220 cm³/mol.